The molecule has 0 aliphatic rings. The summed E-state index contributed by atoms with van der Waals surface area (Å²) in [5.74, 6) is -0.467. The van der Waals surface area contributed by atoms with E-state index in [1.54, 1.807) is 44.2 Å². The van der Waals surface area contributed by atoms with Crippen molar-refractivity contribution in [2.45, 2.75) is 18.7 Å². The molecule has 3 aromatic rings. The van der Waals surface area contributed by atoms with Crippen molar-refractivity contribution in [3.8, 4) is 5.69 Å². The van der Waals surface area contributed by atoms with E-state index in [4.69, 9.17) is 11.6 Å². The third kappa shape index (κ3) is 4.47. The molecule has 0 unspecified atom stereocenters. The van der Waals surface area contributed by atoms with Gasteiger partial charge in [-0.3, -0.25) is 4.79 Å². The van der Waals surface area contributed by atoms with E-state index in [2.05, 4.69) is 15.4 Å². The van der Waals surface area contributed by atoms with Crippen molar-refractivity contribution < 1.29 is 13.2 Å². The minimum Gasteiger partial charge on any atom is -0.320 e. The van der Waals surface area contributed by atoms with Crippen molar-refractivity contribution in [1.29, 1.82) is 0 Å². The van der Waals surface area contributed by atoms with Gasteiger partial charge in [0.05, 0.1) is 16.3 Å². The highest BCUT2D eigenvalue weighted by Gasteiger charge is 2.22. The first-order valence-electron chi connectivity index (χ1n) is 8.93. The minimum absolute atomic E-state index is 0.0662. The second-order valence-electron chi connectivity index (χ2n) is 6.07. The molecule has 0 saturated carbocycles. The molecule has 1 N–H and O–H groups in total. The van der Waals surface area contributed by atoms with E-state index in [9.17, 15) is 13.2 Å². The van der Waals surface area contributed by atoms with E-state index in [-0.39, 0.29) is 10.5 Å². The number of rotatable bonds is 7. The highest BCUT2D eigenvalue weighted by molar-refractivity contribution is 7.89. The van der Waals surface area contributed by atoms with Gasteiger partial charge in [-0.25, -0.2) is 18.1 Å². The van der Waals surface area contributed by atoms with Gasteiger partial charge in [-0.1, -0.05) is 31.5 Å². The topological polar surface area (TPSA) is 97.2 Å². The Bertz CT molecular complexity index is 1110. The molecule has 1 heterocycles. The lowest BCUT2D eigenvalue weighted by molar-refractivity contribution is 0.102. The molecule has 0 atom stereocenters. The van der Waals surface area contributed by atoms with Crippen LogP contribution in [-0.2, 0) is 10.0 Å². The molecule has 0 aliphatic heterocycles. The predicted octanol–water partition coefficient (Wildman–Crippen LogP) is 3.20. The molecule has 152 valence electrons. The van der Waals surface area contributed by atoms with Crippen molar-refractivity contribution in [2.75, 3.05) is 18.4 Å². The number of nitrogens with one attached hydrogen (secondary N) is 1. The number of amides is 1. The average molecular weight is 434 g/mol. The van der Waals surface area contributed by atoms with Gasteiger partial charge in [-0.2, -0.15) is 9.40 Å². The third-order valence-electron chi connectivity index (χ3n) is 4.31. The summed E-state index contributed by atoms with van der Waals surface area (Å²) in [7, 11) is -3.67. The molecule has 0 saturated heterocycles. The summed E-state index contributed by atoms with van der Waals surface area (Å²) in [6, 6.07) is 10.9. The third-order valence-corrected chi connectivity index (χ3v) is 6.59. The number of nitrogens with zero attached hydrogens (tertiary/aromatic N) is 4. The van der Waals surface area contributed by atoms with Crippen LogP contribution in [0.5, 0.6) is 0 Å². The molecular formula is C19H20ClN5O3S. The Morgan fingerprint density at radius 1 is 1.17 bits per heavy atom. The molecule has 0 spiro atoms. The van der Waals surface area contributed by atoms with Gasteiger partial charge in [0.2, 0.25) is 10.0 Å². The number of carbonyl (C=O) groups is 1. The summed E-state index contributed by atoms with van der Waals surface area (Å²) in [6.45, 7) is 4.23. The van der Waals surface area contributed by atoms with Gasteiger partial charge in [0.25, 0.3) is 5.91 Å². The van der Waals surface area contributed by atoms with Crippen molar-refractivity contribution >= 4 is 33.2 Å². The quantitative estimate of drug-likeness (QED) is 0.617. The zero-order valence-corrected chi connectivity index (χ0v) is 17.5. The molecule has 1 aromatic heterocycles. The fraction of sp³-hybridized carbons (Fsp3) is 0.211. The minimum atomic E-state index is -3.67. The van der Waals surface area contributed by atoms with Crippen LogP contribution < -0.4 is 5.32 Å². The van der Waals surface area contributed by atoms with Gasteiger partial charge in [0.1, 0.15) is 12.7 Å². The number of hydrogen-bond acceptors (Lipinski definition) is 5. The molecule has 0 bridgehead atoms. The van der Waals surface area contributed by atoms with E-state index >= 15 is 0 Å². The van der Waals surface area contributed by atoms with E-state index < -0.39 is 15.9 Å². The maximum atomic E-state index is 12.8. The van der Waals surface area contributed by atoms with Crippen LogP contribution in [0.1, 0.15) is 24.2 Å². The van der Waals surface area contributed by atoms with E-state index in [0.717, 1.165) is 0 Å². The first-order chi connectivity index (χ1) is 13.9. The van der Waals surface area contributed by atoms with Crippen LogP contribution in [0.3, 0.4) is 0 Å². The number of carbonyl (C=O) groups excluding carboxylic acids is 1. The molecule has 8 nitrogen and oxygen atoms in total. The summed E-state index contributed by atoms with van der Waals surface area (Å²) in [6.07, 6.45) is 2.87. The molecule has 0 radical (unpaired) electrons. The van der Waals surface area contributed by atoms with E-state index in [1.807, 2.05) is 0 Å². The number of sulfonamides is 1. The molecule has 10 heteroatoms. The first kappa shape index (κ1) is 21.0. The standard InChI is InChI=1S/C19H20ClN5O3S/c1-3-24(4-2)29(27,28)16-7-5-6-14(10-16)19(26)23-17-11-15(20)8-9-18(17)25-13-21-12-22-25/h5-13H,3-4H2,1-2H3,(H,23,26). The number of hydrogen-bond donors (Lipinski definition) is 1. The molecule has 0 aliphatic carbocycles. The number of anilines is 1. The fourth-order valence-electron chi connectivity index (χ4n) is 2.85. The van der Waals surface area contributed by atoms with Crippen molar-refractivity contribution in [3.05, 3.63) is 65.7 Å². The SMILES string of the molecule is CCN(CC)S(=O)(=O)c1cccc(C(=O)Nc2cc(Cl)ccc2-n2cncn2)c1. The lowest BCUT2D eigenvalue weighted by Crippen LogP contribution is -2.30. The Labute approximate surface area is 174 Å². The second kappa shape index (κ2) is 8.73. The van der Waals surface area contributed by atoms with Gasteiger partial charge >= 0.3 is 0 Å². The zero-order valence-electron chi connectivity index (χ0n) is 15.9. The van der Waals surface area contributed by atoms with Crippen molar-refractivity contribution in [1.82, 2.24) is 19.1 Å². The van der Waals surface area contributed by atoms with Crippen LogP contribution in [0.25, 0.3) is 5.69 Å². The Kier molecular flexibility index (Phi) is 6.31. The lowest BCUT2D eigenvalue weighted by Gasteiger charge is -2.18. The molecule has 3 rings (SSSR count). The molecular weight excluding hydrogens is 414 g/mol. The average Bonchev–Trinajstić information content (AvgIpc) is 3.23. The van der Waals surface area contributed by atoms with Crippen LogP contribution >= 0.6 is 11.6 Å². The summed E-state index contributed by atoms with van der Waals surface area (Å²) in [4.78, 5) is 16.8. The molecule has 29 heavy (non-hydrogen) atoms. The van der Waals surface area contributed by atoms with Crippen LogP contribution in [0.2, 0.25) is 5.02 Å². The second-order valence-corrected chi connectivity index (χ2v) is 8.45. The Morgan fingerprint density at radius 3 is 2.59 bits per heavy atom. The molecule has 2 aromatic carbocycles. The Balaban J connectivity index is 1.93. The monoisotopic (exact) mass is 433 g/mol. The zero-order chi connectivity index (χ0) is 21.0. The van der Waals surface area contributed by atoms with Gasteiger partial charge in [-0.05, 0) is 36.4 Å². The van der Waals surface area contributed by atoms with Crippen LogP contribution in [-0.4, -0.2) is 46.5 Å². The Morgan fingerprint density at radius 2 is 1.93 bits per heavy atom. The van der Waals surface area contributed by atoms with Crippen LogP contribution in [0, 0.1) is 0 Å². The maximum absolute atomic E-state index is 12.8. The first-order valence-corrected chi connectivity index (χ1v) is 10.7. The number of aromatic nitrogens is 3. The highest BCUT2D eigenvalue weighted by atomic mass is 35.5. The summed E-state index contributed by atoms with van der Waals surface area (Å²) in [5.41, 5.74) is 1.21. The van der Waals surface area contributed by atoms with Gasteiger partial charge < -0.3 is 5.32 Å². The Hall–Kier alpha value is -2.75. The van der Waals surface area contributed by atoms with Crippen LogP contribution in [0.4, 0.5) is 5.69 Å². The predicted molar refractivity (Wildman–Crippen MR) is 111 cm³/mol. The van der Waals surface area contributed by atoms with Crippen molar-refractivity contribution in [3.63, 3.8) is 0 Å². The van der Waals surface area contributed by atoms with Gasteiger partial charge in [0, 0.05) is 23.7 Å². The van der Waals surface area contributed by atoms with Crippen LogP contribution in [0.15, 0.2) is 60.0 Å². The smallest absolute Gasteiger partial charge is 0.255 e. The molecule has 1 amide bonds. The fourth-order valence-corrected chi connectivity index (χ4v) is 4.52. The maximum Gasteiger partial charge on any atom is 0.255 e. The highest BCUT2D eigenvalue weighted by Crippen LogP contribution is 2.25. The summed E-state index contributed by atoms with van der Waals surface area (Å²) in [5, 5.41) is 7.27. The van der Waals surface area contributed by atoms with E-state index in [0.29, 0.717) is 29.5 Å². The van der Waals surface area contributed by atoms with Gasteiger partial charge in [0.15, 0.2) is 0 Å². The number of benzene rings is 2. The van der Waals surface area contributed by atoms with Gasteiger partial charge in [-0.15, -0.1) is 0 Å². The summed E-state index contributed by atoms with van der Waals surface area (Å²) < 4.78 is 28.3. The lowest BCUT2D eigenvalue weighted by atomic mass is 10.2. The largest absolute Gasteiger partial charge is 0.320 e. The van der Waals surface area contributed by atoms with E-state index in [1.165, 1.54) is 33.8 Å². The normalized spacial score (nSPS) is 11.6. The number of halogens is 1. The van der Waals surface area contributed by atoms with Crippen molar-refractivity contribution in [2.24, 2.45) is 0 Å². The molecule has 0 fully saturated rings. The summed E-state index contributed by atoms with van der Waals surface area (Å²) >= 11 is 6.08.